The van der Waals surface area contributed by atoms with E-state index >= 15 is 0 Å². The molecule has 0 radical (unpaired) electrons. The van der Waals surface area contributed by atoms with Gasteiger partial charge in [0, 0.05) is 12.0 Å². The van der Waals surface area contributed by atoms with Crippen LogP contribution < -0.4 is 15.8 Å². The van der Waals surface area contributed by atoms with E-state index in [0.717, 1.165) is 12.1 Å². The maximum atomic E-state index is 12.5. The maximum Gasteiger partial charge on any atom is 0.416 e. The van der Waals surface area contributed by atoms with E-state index in [1.807, 2.05) is 0 Å². The largest absolute Gasteiger partial charge is 0.493 e. The van der Waals surface area contributed by atoms with Crippen LogP contribution in [0.2, 0.25) is 0 Å². The molecule has 0 aromatic heterocycles. The van der Waals surface area contributed by atoms with Gasteiger partial charge < -0.3 is 15.8 Å². The van der Waals surface area contributed by atoms with E-state index in [1.54, 1.807) is 0 Å². The summed E-state index contributed by atoms with van der Waals surface area (Å²) < 4.78 is 42.7. The van der Waals surface area contributed by atoms with Crippen molar-refractivity contribution in [2.45, 2.75) is 18.6 Å². The molecule has 1 aliphatic rings. The molecular weight excluding hydrogens is 249 g/mol. The lowest BCUT2D eigenvalue weighted by Crippen LogP contribution is -2.35. The summed E-state index contributed by atoms with van der Waals surface area (Å²) >= 11 is 0. The molecule has 1 heterocycles. The van der Waals surface area contributed by atoms with Crippen LogP contribution in [0.15, 0.2) is 18.2 Å². The monoisotopic (exact) mass is 260 g/mol. The lowest BCUT2D eigenvalue weighted by Gasteiger charge is -2.26. The van der Waals surface area contributed by atoms with E-state index in [-0.39, 0.29) is 12.4 Å². The highest BCUT2D eigenvalue weighted by Gasteiger charge is 2.33. The van der Waals surface area contributed by atoms with Crippen molar-refractivity contribution >= 4 is 6.03 Å². The molecule has 0 saturated carbocycles. The summed E-state index contributed by atoms with van der Waals surface area (Å²) in [4.78, 5) is 10.8. The third-order valence-corrected chi connectivity index (χ3v) is 2.70. The van der Waals surface area contributed by atoms with Gasteiger partial charge in [0.25, 0.3) is 0 Å². The highest BCUT2D eigenvalue weighted by atomic mass is 19.4. The molecule has 1 atom stereocenters. The average molecular weight is 260 g/mol. The zero-order valence-electron chi connectivity index (χ0n) is 9.25. The Hall–Kier alpha value is -1.92. The van der Waals surface area contributed by atoms with Gasteiger partial charge in [0.1, 0.15) is 5.75 Å². The zero-order chi connectivity index (χ0) is 13.3. The third kappa shape index (κ3) is 2.49. The number of nitrogens with one attached hydrogen (secondary N) is 1. The molecule has 1 aromatic rings. The first kappa shape index (κ1) is 12.5. The summed E-state index contributed by atoms with van der Waals surface area (Å²) in [5.74, 6) is 0.134. The van der Waals surface area contributed by atoms with Crippen LogP contribution in [0.4, 0.5) is 18.0 Å². The topological polar surface area (TPSA) is 64.4 Å². The molecule has 0 fully saturated rings. The van der Waals surface area contributed by atoms with Gasteiger partial charge in [-0.05, 0) is 12.1 Å². The van der Waals surface area contributed by atoms with Crippen molar-refractivity contribution < 1.29 is 22.7 Å². The number of carbonyl (C=O) groups excluding carboxylic acids is 1. The molecule has 3 N–H and O–H groups in total. The predicted molar refractivity (Wildman–Crippen MR) is 57.0 cm³/mol. The number of primary amides is 1. The van der Waals surface area contributed by atoms with Gasteiger partial charge in [0.15, 0.2) is 0 Å². The lowest BCUT2D eigenvalue weighted by atomic mass is 9.99. The zero-order valence-corrected chi connectivity index (χ0v) is 9.25. The van der Waals surface area contributed by atoms with Crippen LogP contribution in [-0.4, -0.2) is 12.6 Å². The first-order chi connectivity index (χ1) is 8.38. The summed E-state index contributed by atoms with van der Waals surface area (Å²) in [5.41, 5.74) is 4.74. The Labute approximate surface area is 101 Å². The summed E-state index contributed by atoms with van der Waals surface area (Å²) in [7, 11) is 0. The Morgan fingerprint density at radius 1 is 1.44 bits per heavy atom. The quantitative estimate of drug-likeness (QED) is 0.813. The van der Waals surface area contributed by atoms with Gasteiger partial charge in [-0.2, -0.15) is 13.2 Å². The van der Waals surface area contributed by atoms with Crippen LogP contribution in [0.25, 0.3) is 0 Å². The number of urea groups is 1. The number of carbonyl (C=O) groups is 1. The Morgan fingerprint density at radius 2 is 2.17 bits per heavy atom. The van der Waals surface area contributed by atoms with Gasteiger partial charge in [-0.1, -0.05) is 6.07 Å². The van der Waals surface area contributed by atoms with Crippen molar-refractivity contribution in [3.05, 3.63) is 29.3 Å². The molecule has 0 saturated heterocycles. The average Bonchev–Trinajstić information content (AvgIpc) is 2.27. The molecule has 1 aromatic carbocycles. The van der Waals surface area contributed by atoms with Crippen molar-refractivity contribution in [2.24, 2.45) is 5.73 Å². The third-order valence-electron chi connectivity index (χ3n) is 2.70. The number of fused-ring (bicyclic) bond motifs is 1. The fourth-order valence-corrected chi connectivity index (χ4v) is 1.89. The predicted octanol–water partition coefficient (Wildman–Crippen LogP) is 2.20. The second-order valence-electron chi connectivity index (χ2n) is 3.95. The summed E-state index contributed by atoms with van der Waals surface area (Å²) in [5, 5.41) is 2.47. The second kappa shape index (κ2) is 4.40. The Kier molecular flexibility index (Phi) is 3.06. The van der Waals surface area contributed by atoms with Gasteiger partial charge in [0.2, 0.25) is 0 Å². The summed E-state index contributed by atoms with van der Waals surface area (Å²) in [6.07, 6.45) is -3.94. The fourth-order valence-electron chi connectivity index (χ4n) is 1.89. The molecule has 2 rings (SSSR count). The van der Waals surface area contributed by atoms with Crippen LogP contribution in [0.5, 0.6) is 5.75 Å². The normalized spacial score (nSPS) is 18.7. The van der Waals surface area contributed by atoms with Crippen molar-refractivity contribution in [2.75, 3.05) is 6.61 Å². The van der Waals surface area contributed by atoms with Crippen molar-refractivity contribution in [3.8, 4) is 5.75 Å². The van der Waals surface area contributed by atoms with Crippen LogP contribution >= 0.6 is 0 Å². The molecule has 0 aliphatic carbocycles. The van der Waals surface area contributed by atoms with Gasteiger partial charge >= 0.3 is 12.2 Å². The lowest BCUT2D eigenvalue weighted by molar-refractivity contribution is -0.137. The van der Waals surface area contributed by atoms with E-state index in [0.29, 0.717) is 12.0 Å². The van der Waals surface area contributed by atoms with Crippen LogP contribution in [0.1, 0.15) is 23.6 Å². The number of nitrogens with two attached hydrogens (primary N) is 1. The molecule has 98 valence electrons. The summed E-state index contributed by atoms with van der Waals surface area (Å²) in [6.45, 7) is 0.235. The molecular formula is C11H11F3N2O2. The number of ether oxygens (including phenoxy) is 1. The van der Waals surface area contributed by atoms with Crippen molar-refractivity contribution in [1.29, 1.82) is 0 Å². The molecule has 7 heteroatoms. The molecule has 18 heavy (non-hydrogen) atoms. The van der Waals surface area contributed by atoms with Gasteiger partial charge in [0.05, 0.1) is 18.2 Å². The first-order valence-electron chi connectivity index (χ1n) is 5.28. The fraction of sp³-hybridized carbons (Fsp3) is 0.364. The minimum Gasteiger partial charge on any atom is -0.493 e. The molecule has 1 aliphatic heterocycles. The van der Waals surface area contributed by atoms with E-state index in [1.165, 1.54) is 6.07 Å². The number of hydrogen-bond donors (Lipinski definition) is 2. The maximum absolute atomic E-state index is 12.5. The van der Waals surface area contributed by atoms with Crippen LogP contribution in [0.3, 0.4) is 0 Å². The van der Waals surface area contributed by atoms with E-state index in [9.17, 15) is 18.0 Å². The van der Waals surface area contributed by atoms with E-state index < -0.39 is 23.8 Å². The highest BCUT2D eigenvalue weighted by Crippen LogP contribution is 2.37. The number of rotatable bonds is 1. The smallest absolute Gasteiger partial charge is 0.416 e. The molecule has 2 amide bonds. The minimum absolute atomic E-state index is 0.134. The number of hydrogen-bond acceptors (Lipinski definition) is 2. The van der Waals surface area contributed by atoms with Gasteiger partial charge in [-0.25, -0.2) is 4.79 Å². The standard InChI is InChI=1S/C11H11F3N2O2/c12-11(13,14)6-1-2-7-8(16-10(15)17)3-4-18-9(7)5-6/h1-2,5,8H,3-4H2,(H3,15,16,17)/t8-/m1/s1. The number of benzene rings is 1. The van der Waals surface area contributed by atoms with Crippen LogP contribution in [0, 0.1) is 0 Å². The minimum atomic E-state index is -4.41. The molecule has 0 bridgehead atoms. The number of halogens is 3. The van der Waals surface area contributed by atoms with Crippen molar-refractivity contribution in [3.63, 3.8) is 0 Å². The Balaban J connectivity index is 2.33. The number of amides is 2. The molecule has 4 nitrogen and oxygen atoms in total. The molecule has 0 spiro atoms. The Morgan fingerprint density at radius 3 is 2.78 bits per heavy atom. The highest BCUT2D eigenvalue weighted by molar-refractivity contribution is 5.72. The van der Waals surface area contributed by atoms with Crippen LogP contribution in [-0.2, 0) is 6.18 Å². The molecule has 0 unspecified atom stereocenters. The Bertz CT molecular complexity index is 474. The summed E-state index contributed by atoms with van der Waals surface area (Å²) in [6, 6.07) is 2.08. The SMILES string of the molecule is NC(=O)N[C@@H]1CCOc2cc(C(F)(F)F)ccc21. The number of alkyl halides is 3. The van der Waals surface area contributed by atoms with Gasteiger partial charge in [-0.3, -0.25) is 0 Å². The van der Waals surface area contributed by atoms with Crippen molar-refractivity contribution in [1.82, 2.24) is 5.32 Å². The van der Waals surface area contributed by atoms with Gasteiger partial charge in [-0.15, -0.1) is 0 Å². The second-order valence-corrected chi connectivity index (χ2v) is 3.95. The first-order valence-corrected chi connectivity index (χ1v) is 5.28. The van der Waals surface area contributed by atoms with E-state index in [4.69, 9.17) is 10.5 Å². The van der Waals surface area contributed by atoms with E-state index in [2.05, 4.69) is 5.32 Å².